The lowest BCUT2D eigenvalue weighted by Gasteiger charge is -2.19. The van der Waals surface area contributed by atoms with E-state index in [1.807, 2.05) is 0 Å². The molecule has 2 N–H and O–H groups in total. The lowest BCUT2D eigenvalue weighted by molar-refractivity contribution is -0.137. The van der Waals surface area contributed by atoms with Crippen molar-refractivity contribution in [2.75, 3.05) is 6.54 Å². The van der Waals surface area contributed by atoms with Crippen LogP contribution in [0.5, 0.6) is 0 Å². The number of hydrogen-bond acceptors (Lipinski definition) is 3. The second kappa shape index (κ2) is 5.46. The monoisotopic (exact) mass is 237 g/mol. The van der Waals surface area contributed by atoms with Gasteiger partial charge in [0.2, 0.25) is 10.0 Å². The second-order valence-electron chi connectivity index (χ2n) is 4.36. The summed E-state index contributed by atoms with van der Waals surface area (Å²) >= 11 is 0. The van der Waals surface area contributed by atoms with E-state index in [1.54, 1.807) is 20.8 Å². The molecule has 0 aromatic heterocycles. The van der Waals surface area contributed by atoms with Crippen LogP contribution in [0.2, 0.25) is 0 Å². The maximum Gasteiger partial charge on any atom is 0.303 e. The van der Waals surface area contributed by atoms with E-state index in [2.05, 4.69) is 4.72 Å². The van der Waals surface area contributed by atoms with Crippen LogP contribution in [0, 0.1) is 0 Å². The van der Waals surface area contributed by atoms with E-state index in [4.69, 9.17) is 5.11 Å². The van der Waals surface area contributed by atoms with E-state index in [-0.39, 0.29) is 6.42 Å². The molecule has 0 aliphatic carbocycles. The molecule has 0 saturated heterocycles. The molecule has 90 valence electrons. The summed E-state index contributed by atoms with van der Waals surface area (Å²) < 4.78 is 24.7. The first kappa shape index (κ1) is 14.4. The van der Waals surface area contributed by atoms with Crippen molar-refractivity contribution in [1.29, 1.82) is 0 Å². The Balaban J connectivity index is 3.83. The van der Waals surface area contributed by atoms with Gasteiger partial charge in [-0.1, -0.05) is 0 Å². The molecule has 0 aliphatic rings. The fourth-order valence-corrected chi connectivity index (χ4v) is 1.67. The normalized spacial score (nSPS) is 12.7. The molecule has 0 fully saturated rings. The quantitative estimate of drug-likeness (QED) is 0.674. The van der Waals surface area contributed by atoms with Gasteiger partial charge < -0.3 is 5.11 Å². The zero-order valence-electron chi connectivity index (χ0n) is 9.41. The average molecular weight is 237 g/mol. The van der Waals surface area contributed by atoms with Crippen molar-refractivity contribution in [2.45, 2.75) is 44.8 Å². The standard InChI is InChI=1S/C9H19NO4S/c1-9(2,3)15(13,14)10-7-5-4-6-8(11)12/h10H,4-7H2,1-3H3,(H,11,12). The minimum absolute atomic E-state index is 0.0806. The third kappa shape index (κ3) is 5.74. The van der Waals surface area contributed by atoms with E-state index >= 15 is 0 Å². The molecule has 0 radical (unpaired) electrons. The second-order valence-corrected chi connectivity index (χ2v) is 6.88. The largest absolute Gasteiger partial charge is 0.481 e. The lowest BCUT2D eigenvalue weighted by Crippen LogP contribution is -2.39. The van der Waals surface area contributed by atoms with Crippen LogP contribution in [0.1, 0.15) is 40.0 Å². The Morgan fingerprint density at radius 1 is 1.27 bits per heavy atom. The van der Waals surface area contributed by atoms with E-state index in [9.17, 15) is 13.2 Å². The lowest BCUT2D eigenvalue weighted by atomic mass is 10.2. The van der Waals surface area contributed by atoms with Gasteiger partial charge in [0, 0.05) is 13.0 Å². The van der Waals surface area contributed by atoms with E-state index < -0.39 is 20.7 Å². The van der Waals surface area contributed by atoms with Crippen LogP contribution in [0.3, 0.4) is 0 Å². The third-order valence-corrected chi connectivity index (χ3v) is 4.11. The SMILES string of the molecule is CC(C)(C)S(=O)(=O)NCCCCC(=O)O. The summed E-state index contributed by atoms with van der Waals surface area (Å²) in [5.74, 6) is -0.853. The van der Waals surface area contributed by atoms with Gasteiger partial charge in [-0.25, -0.2) is 13.1 Å². The zero-order chi connectivity index (χ0) is 12.1. The molecule has 15 heavy (non-hydrogen) atoms. The first-order valence-corrected chi connectivity index (χ1v) is 6.36. The molecule has 0 aliphatic heterocycles. The predicted octanol–water partition coefficient (Wildman–Crippen LogP) is 0.959. The number of carbonyl (C=O) groups is 1. The molecule has 0 atom stereocenters. The number of unbranched alkanes of at least 4 members (excludes halogenated alkanes) is 1. The van der Waals surface area contributed by atoms with Crippen molar-refractivity contribution in [1.82, 2.24) is 4.72 Å². The average Bonchev–Trinajstić information content (AvgIpc) is 2.00. The van der Waals surface area contributed by atoms with Gasteiger partial charge in [-0.2, -0.15) is 0 Å². The van der Waals surface area contributed by atoms with E-state index in [0.29, 0.717) is 19.4 Å². The summed E-state index contributed by atoms with van der Waals surface area (Å²) in [7, 11) is -3.30. The van der Waals surface area contributed by atoms with Crippen LogP contribution in [0.4, 0.5) is 0 Å². The van der Waals surface area contributed by atoms with Gasteiger partial charge in [-0.05, 0) is 33.6 Å². The molecule has 0 spiro atoms. The van der Waals surface area contributed by atoms with Crippen molar-refractivity contribution < 1.29 is 18.3 Å². The van der Waals surface area contributed by atoms with Crippen LogP contribution in [-0.2, 0) is 14.8 Å². The highest BCUT2D eigenvalue weighted by Gasteiger charge is 2.27. The van der Waals surface area contributed by atoms with Gasteiger partial charge >= 0.3 is 5.97 Å². The molecule has 0 aromatic carbocycles. The zero-order valence-corrected chi connectivity index (χ0v) is 10.2. The van der Waals surface area contributed by atoms with Crippen LogP contribution >= 0.6 is 0 Å². The Morgan fingerprint density at radius 3 is 2.20 bits per heavy atom. The van der Waals surface area contributed by atoms with Crippen molar-refractivity contribution in [3.8, 4) is 0 Å². The summed E-state index contributed by atoms with van der Waals surface area (Å²) in [5.41, 5.74) is 0. The summed E-state index contributed by atoms with van der Waals surface area (Å²) in [4.78, 5) is 10.2. The Bertz CT molecular complexity index is 303. The number of rotatable bonds is 6. The van der Waals surface area contributed by atoms with Crippen molar-refractivity contribution in [2.24, 2.45) is 0 Å². The fraction of sp³-hybridized carbons (Fsp3) is 0.889. The number of nitrogens with one attached hydrogen (secondary N) is 1. The summed E-state index contributed by atoms with van der Waals surface area (Å²) in [5, 5.41) is 8.36. The first-order chi connectivity index (χ1) is 6.67. The van der Waals surface area contributed by atoms with Crippen LogP contribution in [-0.4, -0.2) is 30.8 Å². The number of sulfonamides is 1. The molecular weight excluding hydrogens is 218 g/mol. The molecule has 0 rings (SSSR count). The number of aliphatic carboxylic acids is 1. The van der Waals surface area contributed by atoms with Gasteiger partial charge in [0.15, 0.2) is 0 Å². The maximum absolute atomic E-state index is 11.5. The maximum atomic E-state index is 11.5. The molecule has 0 saturated carbocycles. The smallest absolute Gasteiger partial charge is 0.303 e. The van der Waals surface area contributed by atoms with Crippen LogP contribution in [0.15, 0.2) is 0 Å². The minimum atomic E-state index is -3.30. The minimum Gasteiger partial charge on any atom is -0.481 e. The Kier molecular flexibility index (Phi) is 5.23. The highest BCUT2D eigenvalue weighted by molar-refractivity contribution is 7.90. The van der Waals surface area contributed by atoms with Crippen molar-refractivity contribution in [3.05, 3.63) is 0 Å². The molecule has 6 heteroatoms. The van der Waals surface area contributed by atoms with Gasteiger partial charge in [0.25, 0.3) is 0 Å². The molecule has 0 amide bonds. The third-order valence-electron chi connectivity index (χ3n) is 1.92. The van der Waals surface area contributed by atoms with Crippen molar-refractivity contribution >= 4 is 16.0 Å². The first-order valence-electron chi connectivity index (χ1n) is 4.88. The number of carboxylic acids is 1. The molecule has 0 unspecified atom stereocenters. The molecule has 5 nitrogen and oxygen atoms in total. The topological polar surface area (TPSA) is 83.5 Å². The molecular formula is C9H19NO4S. The van der Waals surface area contributed by atoms with Gasteiger partial charge in [-0.3, -0.25) is 4.79 Å². The van der Waals surface area contributed by atoms with Gasteiger partial charge in [0.1, 0.15) is 0 Å². The molecule has 0 bridgehead atoms. The summed E-state index contributed by atoms with van der Waals surface area (Å²) in [6, 6.07) is 0. The fourth-order valence-electron chi connectivity index (χ4n) is 0.824. The van der Waals surface area contributed by atoms with E-state index in [1.165, 1.54) is 0 Å². The Labute approximate surface area is 90.9 Å². The van der Waals surface area contributed by atoms with Crippen LogP contribution in [0.25, 0.3) is 0 Å². The van der Waals surface area contributed by atoms with Gasteiger partial charge in [0.05, 0.1) is 4.75 Å². The molecule has 0 aromatic rings. The highest BCUT2D eigenvalue weighted by Crippen LogP contribution is 2.12. The highest BCUT2D eigenvalue weighted by atomic mass is 32.2. The summed E-state index contributed by atoms with van der Waals surface area (Å²) in [6.45, 7) is 5.15. The predicted molar refractivity (Wildman–Crippen MR) is 58.2 cm³/mol. The van der Waals surface area contributed by atoms with E-state index in [0.717, 1.165) is 0 Å². The number of hydrogen-bond donors (Lipinski definition) is 2. The Morgan fingerprint density at radius 2 is 1.80 bits per heavy atom. The van der Waals surface area contributed by atoms with Crippen molar-refractivity contribution in [3.63, 3.8) is 0 Å². The van der Waals surface area contributed by atoms with Crippen LogP contribution < -0.4 is 4.72 Å². The number of carboxylic acid groups (broad SMARTS) is 1. The summed E-state index contributed by atoms with van der Waals surface area (Å²) in [6.07, 6.45) is 1.11. The molecule has 0 heterocycles. The van der Waals surface area contributed by atoms with Gasteiger partial charge in [-0.15, -0.1) is 0 Å². The Hall–Kier alpha value is -0.620.